The SMILES string of the molecule is C/C=C1\C=NC/C=C/CCCNC(=O)c2nn(C)cc2NC(=O)c2cccc1n2. The minimum absolute atomic E-state index is 0.176. The van der Waals surface area contributed by atoms with Gasteiger partial charge in [-0.25, -0.2) is 4.98 Å². The van der Waals surface area contributed by atoms with Gasteiger partial charge in [-0.1, -0.05) is 24.3 Å². The highest BCUT2D eigenvalue weighted by Gasteiger charge is 2.19. The summed E-state index contributed by atoms with van der Waals surface area (Å²) in [7, 11) is 1.70. The number of anilines is 1. The Kier molecular flexibility index (Phi) is 6.67. The molecule has 1 aliphatic heterocycles. The van der Waals surface area contributed by atoms with Crippen LogP contribution in [-0.4, -0.2) is 45.9 Å². The molecule has 2 aromatic rings. The van der Waals surface area contributed by atoms with Crippen molar-refractivity contribution in [2.45, 2.75) is 19.8 Å². The Morgan fingerprint density at radius 3 is 2.79 bits per heavy atom. The molecule has 2 amide bonds. The molecular weight excluding hydrogens is 368 g/mol. The van der Waals surface area contributed by atoms with Gasteiger partial charge in [-0.2, -0.15) is 5.10 Å². The van der Waals surface area contributed by atoms with Crippen molar-refractivity contribution in [1.82, 2.24) is 20.1 Å². The molecule has 0 radical (unpaired) electrons. The maximum Gasteiger partial charge on any atom is 0.274 e. The molecule has 0 fully saturated rings. The third kappa shape index (κ3) is 5.25. The standard InChI is InChI=1S/C21H24N6O2/c1-3-15-13-22-11-6-4-5-7-12-23-21(29)19-18(14-27(2)26-19)25-20(28)17-10-8-9-16(15)24-17/h3-4,6,8-10,13-14H,5,7,11-12H2,1-2H3,(H,23,29)(H,25,28)/b6-4+,15-3+,22-13?. The lowest BCUT2D eigenvalue weighted by atomic mass is 10.1. The molecule has 0 aliphatic carbocycles. The zero-order chi connectivity index (χ0) is 20.6. The molecule has 150 valence electrons. The number of nitrogens with zero attached hydrogens (tertiary/aromatic N) is 4. The van der Waals surface area contributed by atoms with E-state index in [1.807, 2.05) is 31.2 Å². The first-order valence-electron chi connectivity index (χ1n) is 9.50. The molecule has 0 spiro atoms. The summed E-state index contributed by atoms with van der Waals surface area (Å²) in [5, 5.41) is 9.77. The molecule has 2 N–H and O–H groups in total. The topological polar surface area (TPSA) is 101 Å². The van der Waals surface area contributed by atoms with Crippen molar-refractivity contribution in [3.05, 3.63) is 59.7 Å². The Morgan fingerprint density at radius 2 is 1.97 bits per heavy atom. The van der Waals surface area contributed by atoms with Gasteiger partial charge in [0.15, 0.2) is 5.69 Å². The normalized spacial score (nSPS) is 18.3. The zero-order valence-corrected chi connectivity index (χ0v) is 16.6. The molecule has 8 nitrogen and oxygen atoms in total. The van der Waals surface area contributed by atoms with Gasteiger partial charge >= 0.3 is 0 Å². The van der Waals surface area contributed by atoms with Gasteiger partial charge in [-0.3, -0.25) is 19.3 Å². The van der Waals surface area contributed by atoms with E-state index in [9.17, 15) is 9.59 Å². The summed E-state index contributed by atoms with van der Waals surface area (Å²) in [6.07, 6.45) is 10.9. The van der Waals surface area contributed by atoms with Crippen LogP contribution >= 0.6 is 0 Å². The number of carbonyl (C=O) groups excluding carboxylic acids is 2. The lowest BCUT2D eigenvalue weighted by molar-refractivity contribution is 0.0948. The quantitative estimate of drug-likeness (QED) is 0.673. The molecule has 0 saturated carbocycles. The number of pyridine rings is 1. The van der Waals surface area contributed by atoms with Crippen LogP contribution in [0.15, 0.2) is 47.6 Å². The van der Waals surface area contributed by atoms with Crippen molar-refractivity contribution in [3.63, 3.8) is 0 Å². The fourth-order valence-electron chi connectivity index (χ4n) is 2.85. The summed E-state index contributed by atoms with van der Waals surface area (Å²) in [6.45, 7) is 2.97. The van der Waals surface area contributed by atoms with Gasteiger partial charge in [-0.05, 0) is 31.9 Å². The second kappa shape index (κ2) is 9.59. The van der Waals surface area contributed by atoms with Crippen LogP contribution in [-0.2, 0) is 7.05 Å². The summed E-state index contributed by atoms with van der Waals surface area (Å²) < 4.78 is 1.49. The van der Waals surface area contributed by atoms with E-state index in [2.05, 4.69) is 25.7 Å². The fraction of sp³-hybridized carbons (Fsp3) is 0.286. The van der Waals surface area contributed by atoms with E-state index in [4.69, 9.17) is 0 Å². The molecule has 0 atom stereocenters. The maximum absolute atomic E-state index is 12.7. The summed E-state index contributed by atoms with van der Waals surface area (Å²) in [5.74, 6) is -0.737. The average Bonchev–Trinajstić information content (AvgIpc) is 3.09. The number of hydrogen-bond donors (Lipinski definition) is 2. The first-order valence-corrected chi connectivity index (χ1v) is 9.50. The van der Waals surface area contributed by atoms with Crippen molar-refractivity contribution < 1.29 is 9.59 Å². The van der Waals surface area contributed by atoms with Crippen LogP contribution in [0.3, 0.4) is 0 Å². The van der Waals surface area contributed by atoms with E-state index < -0.39 is 5.91 Å². The van der Waals surface area contributed by atoms with Crippen LogP contribution < -0.4 is 10.6 Å². The van der Waals surface area contributed by atoms with Crippen LogP contribution in [0, 0.1) is 0 Å². The van der Waals surface area contributed by atoms with Crippen molar-refractivity contribution in [1.29, 1.82) is 0 Å². The third-order valence-electron chi connectivity index (χ3n) is 4.32. The Balaban J connectivity index is 1.95. The van der Waals surface area contributed by atoms with E-state index in [-0.39, 0.29) is 17.3 Å². The van der Waals surface area contributed by atoms with Crippen molar-refractivity contribution in [2.24, 2.45) is 12.0 Å². The zero-order valence-electron chi connectivity index (χ0n) is 16.6. The number of carbonyl (C=O) groups is 2. The predicted octanol–water partition coefficient (Wildman–Crippen LogP) is 2.62. The van der Waals surface area contributed by atoms with Gasteiger partial charge in [-0.15, -0.1) is 0 Å². The van der Waals surface area contributed by atoms with E-state index in [1.54, 1.807) is 31.6 Å². The molecule has 2 aromatic heterocycles. The van der Waals surface area contributed by atoms with Crippen molar-refractivity contribution in [3.8, 4) is 0 Å². The van der Waals surface area contributed by atoms with Gasteiger partial charge in [0.05, 0.1) is 17.9 Å². The highest BCUT2D eigenvalue weighted by molar-refractivity contribution is 6.10. The highest BCUT2D eigenvalue weighted by Crippen LogP contribution is 2.16. The van der Waals surface area contributed by atoms with E-state index in [0.717, 1.165) is 18.4 Å². The summed E-state index contributed by atoms with van der Waals surface area (Å²) in [4.78, 5) is 34.1. The van der Waals surface area contributed by atoms with Crippen molar-refractivity contribution >= 4 is 29.3 Å². The molecule has 3 rings (SSSR count). The van der Waals surface area contributed by atoms with Gasteiger partial charge in [0.2, 0.25) is 0 Å². The van der Waals surface area contributed by atoms with Crippen molar-refractivity contribution in [2.75, 3.05) is 18.4 Å². The van der Waals surface area contributed by atoms with E-state index >= 15 is 0 Å². The number of amides is 2. The number of aromatic nitrogens is 3. The number of aryl methyl sites for hydroxylation is 1. The summed E-state index contributed by atoms with van der Waals surface area (Å²) in [5.41, 5.74) is 2.24. The number of rotatable bonds is 0. The Bertz CT molecular complexity index is 987. The van der Waals surface area contributed by atoms with Gasteiger partial charge in [0.1, 0.15) is 5.69 Å². The smallest absolute Gasteiger partial charge is 0.274 e. The van der Waals surface area contributed by atoms with E-state index in [0.29, 0.717) is 24.5 Å². The first kappa shape index (κ1) is 20.2. The molecule has 1 aliphatic rings. The molecule has 0 unspecified atom stereocenters. The molecular formula is C21H24N6O2. The maximum atomic E-state index is 12.7. The van der Waals surface area contributed by atoms with Gasteiger partial charge < -0.3 is 10.6 Å². The van der Waals surface area contributed by atoms with Crippen LogP contribution in [0.5, 0.6) is 0 Å². The average molecular weight is 392 g/mol. The number of hydrogen-bond acceptors (Lipinski definition) is 5. The second-order valence-electron chi connectivity index (χ2n) is 6.54. The molecule has 3 heterocycles. The minimum Gasteiger partial charge on any atom is -0.351 e. The lowest BCUT2D eigenvalue weighted by Crippen LogP contribution is -2.26. The minimum atomic E-state index is -0.412. The van der Waals surface area contributed by atoms with Crippen LogP contribution in [0.4, 0.5) is 5.69 Å². The number of nitrogens with one attached hydrogen (secondary N) is 2. The Labute approximate surface area is 169 Å². The Morgan fingerprint density at radius 1 is 1.14 bits per heavy atom. The molecule has 0 aromatic carbocycles. The number of aliphatic imine (C=N–C) groups is 1. The van der Waals surface area contributed by atoms with Crippen LogP contribution in [0.1, 0.15) is 46.4 Å². The largest absolute Gasteiger partial charge is 0.351 e. The van der Waals surface area contributed by atoms with E-state index in [1.165, 1.54) is 4.68 Å². The highest BCUT2D eigenvalue weighted by atomic mass is 16.2. The fourth-order valence-corrected chi connectivity index (χ4v) is 2.85. The lowest BCUT2D eigenvalue weighted by Gasteiger charge is -2.08. The summed E-state index contributed by atoms with van der Waals surface area (Å²) in [6, 6.07) is 5.22. The van der Waals surface area contributed by atoms with Gasteiger partial charge in [0, 0.05) is 31.6 Å². The van der Waals surface area contributed by atoms with Crippen LogP contribution in [0.25, 0.3) is 5.57 Å². The van der Waals surface area contributed by atoms with Crippen LogP contribution in [0.2, 0.25) is 0 Å². The molecule has 2 bridgehead atoms. The first-order chi connectivity index (χ1) is 14.1. The number of fused-ring (bicyclic) bond motifs is 3. The monoisotopic (exact) mass is 392 g/mol. The molecule has 8 heteroatoms. The third-order valence-corrected chi connectivity index (χ3v) is 4.32. The second-order valence-corrected chi connectivity index (χ2v) is 6.54. The van der Waals surface area contributed by atoms with Gasteiger partial charge in [0.25, 0.3) is 11.8 Å². The Hall–Kier alpha value is -3.55. The summed E-state index contributed by atoms with van der Waals surface area (Å²) >= 11 is 0. The molecule has 29 heavy (non-hydrogen) atoms. The molecule has 0 saturated heterocycles. The predicted molar refractivity (Wildman–Crippen MR) is 113 cm³/mol. The number of allylic oxidation sites excluding steroid dienone is 3.